The minimum atomic E-state index is 0.960. The van der Waals surface area contributed by atoms with Gasteiger partial charge < -0.3 is 0 Å². The molecule has 0 fully saturated rings. The number of aromatic nitrogens is 2. The van der Waals surface area contributed by atoms with Crippen molar-refractivity contribution in [3.05, 3.63) is 243 Å². The Balaban J connectivity index is 0.889. The van der Waals surface area contributed by atoms with Crippen LogP contribution in [0.25, 0.3) is 111 Å². The maximum Gasteiger partial charge on any atom is 0.0715 e. The van der Waals surface area contributed by atoms with Gasteiger partial charge in [0.25, 0.3) is 0 Å². The number of pyridine rings is 2. The summed E-state index contributed by atoms with van der Waals surface area (Å²) in [7, 11) is 0. The van der Waals surface area contributed by atoms with Crippen LogP contribution < -0.4 is 0 Å². The number of rotatable bonds is 8. The predicted molar refractivity (Wildman–Crippen MR) is 261 cm³/mol. The molecule has 0 N–H and O–H groups in total. The van der Waals surface area contributed by atoms with Crippen LogP contribution in [0.15, 0.2) is 243 Å². The molecule has 0 unspecified atom stereocenters. The van der Waals surface area contributed by atoms with Crippen molar-refractivity contribution in [2.45, 2.75) is 0 Å². The highest BCUT2D eigenvalue weighted by Crippen LogP contribution is 2.36. The van der Waals surface area contributed by atoms with Crippen LogP contribution in [0.5, 0.6) is 0 Å². The van der Waals surface area contributed by atoms with Gasteiger partial charge in [-0.25, -0.2) is 9.97 Å². The molecule has 0 amide bonds. The van der Waals surface area contributed by atoms with Gasteiger partial charge in [-0.1, -0.05) is 188 Å². The van der Waals surface area contributed by atoms with Gasteiger partial charge in [0.2, 0.25) is 0 Å². The van der Waals surface area contributed by atoms with Gasteiger partial charge in [0.05, 0.1) is 22.8 Å². The molecule has 0 aliphatic heterocycles. The van der Waals surface area contributed by atoms with Crippen LogP contribution in [0.2, 0.25) is 0 Å². The zero-order chi connectivity index (χ0) is 41.2. The van der Waals surface area contributed by atoms with Gasteiger partial charge >= 0.3 is 0 Å². The van der Waals surface area contributed by atoms with Gasteiger partial charge in [-0.05, 0) is 121 Å². The maximum atomic E-state index is 5.17. The van der Waals surface area contributed by atoms with Crippen molar-refractivity contribution in [2.24, 2.45) is 0 Å². The molecule has 2 heterocycles. The monoisotopic (exact) mass is 788 g/mol. The van der Waals surface area contributed by atoms with Crippen LogP contribution in [-0.2, 0) is 0 Å². The molecule has 62 heavy (non-hydrogen) atoms. The van der Waals surface area contributed by atoms with E-state index in [-0.39, 0.29) is 0 Å². The smallest absolute Gasteiger partial charge is 0.0715 e. The minimum absolute atomic E-state index is 0.960. The molecule has 9 aromatic carbocycles. The van der Waals surface area contributed by atoms with E-state index in [1.165, 1.54) is 54.9 Å². The van der Waals surface area contributed by atoms with Gasteiger partial charge in [0, 0.05) is 22.3 Å². The van der Waals surface area contributed by atoms with Crippen LogP contribution in [0.1, 0.15) is 0 Å². The van der Waals surface area contributed by atoms with Crippen molar-refractivity contribution in [3.63, 3.8) is 0 Å². The Labute approximate surface area is 362 Å². The molecule has 11 aromatic rings. The Morgan fingerprint density at radius 3 is 0.839 bits per heavy atom. The van der Waals surface area contributed by atoms with Gasteiger partial charge in [0.1, 0.15) is 0 Å². The normalized spacial score (nSPS) is 11.2. The number of fused-ring (bicyclic) bond motifs is 2. The molecule has 0 bridgehead atoms. The fraction of sp³-hybridized carbons (Fsp3) is 0. The van der Waals surface area contributed by atoms with E-state index in [1.54, 1.807) is 0 Å². The van der Waals surface area contributed by atoms with E-state index < -0.39 is 0 Å². The van der Waals surface area contributed by atoms with Crippen LogP contribution in [0.3, 0.4) is 0 Å². The summed E-state index contributed by atoms with van der Waals surface area (Å²) in [6.45, 7) is 0. The van der Waals surface area contributed by atoms with Crippen molar-refractivity contribution in [3.8, 4) is 89.5 Å². The first-order chi connectivity index (χ1) is 30.7. The fourth-order valence-corrected chi connectivity index (χ4v) is 8.51. The lowest BCUT2D eigenvalue weighted by Crippen LogP contribution is -1.91. The molecule has 11 rings (SSSR count). The highest BCUT2D eigenvalue weighted by atomic mass is 14.7. The molecular weight excluding hydrogens is 749 g/mol. The number of hydrogen-bond acceptors (Lipinski definition) is 2. The standard InChI is InChI=1S/C60H40N2/c1-5-14-41(15-6-1)55-37-57(42-16-7-2-8-17-42)62-60(38-55)54-31-30-51-34-48(25-27-52(51)36-54)46-23-13-22-45(32-46)47-24-26-50-35-53(29-28-49(50)33-47)56-39-58(43-18-9-3-10-19-43)61-59(40-56)44-20-11-4-12-21-44/h1-40H. The quantitative estimate of drug-likeness (QED) is 0.153. The SMILES string of the molecule is c1ccc(-c2cc(-c3ccccc3)nc(-c3ccc4cc(-c5cccc(-c6ccc7cc(-c8cc(-c9ccccc9)nc(-c9ccccc9)c8)ccc7c6)c5)ccc4c3)c2)cc1. The zero-order valence-corrected chi connectivity index (χ0v) is 34.0. The second-order valence-corrected chi connectivity index (χ2v) is 15.9. The predicted octanol–water partition coefficient (Wildman–Crippen LogP) is 16.1. The molecule has 0 saturated heterocycles. The summed E-state index contributed by atoms with van der Waals surface area (Å²) in [4.78, 5) is 10.3. The summed E-state index contributed by atoms with van der Waals surface area (Å²) in [5, 5.41) is 4.79. The molecule has 0 spiro atoms. The molecule has 2 aromatic heterocycles. The lowest BCUT2D eigenvalue weighted by Gasteiger charge is -2.12. The Hall–Kier alpha value is -8.20. The van der Waals surface area contributed by atoms with Gasteiger partial charge in [-0.2, -0.15) is 0 Å². The third kappa shape index (κ3) is 7.47. The van der Waals surface area contributed by atoms with E-state index in [0.717, 1.165) is 56.2 Å². The highest BCUT2D eigenvalue weighted by molar-refractivity contribution is 5.94. The molecular formula is C60H40N2. The summed E-state index contributed by atoms with van der Waals surface area (Å²) in [5.41, 5.74) is 17.7. The second-order valence-electron chi connectivity index (χ2n) is 15.9. The van der Waals surface area contributed by atoms with E-state index in [0.29, 0.717) is 0 Å². The van der Waals surface area contributed by atoms with E-state index in [9.17, 15) is 0 Å². The van der Waals surface area contributed by atoms with E-state index >= 15 is 0 Å². The summed E-state index contributed by atoms with van der Waals surface area (Å²) >= 11 is 0. The second kappa shape index (κ2) is 16.1. The van der Waals surface area contributed by atoms with Crippen molar-refractivity contribution in [1.29, 1.82) is 0 Å². The van der Waals surface area contributed by atoms with Gasteiger partial charge in [-0.15, -0.1) is 0 Å². The zero-order valence-electron chi connectivity index (χ0n) is 34.0. The van der Waals surface area contributed by atoms with Crippen LogP contribution in [0.4, 0.5) is 0 Å². The Kier molecular flexibility index (Phi) is 9.57. The first-order valence-corrected chi connectivity index (χ1v) is 21.1. The summed E-state index contributed by atoms with van der Waals surface area (Å²) in [6.07, 6.45) is 0. The minimum Gasteiger partial charge on any atom is -0.248 e. The van der Waals surface area contributed by atoms with Crippen molar-refractivity contribution >= 4 is 21.5 Å². The third-order valence-corrected chi connectivity index (χ3v) is 11.8. The lowest BCUT2D eigenvalue weighted by atomic mass is 9.94. The fourth-order valence-electron chi connectivity index (χ4n) is 8.51. The molecule has 0 saturated carbocycles. The number of nitrogens with zero attached hydrogens (tertiary/aromatic N) is 2. The van der Waals surface area contributed by atoms with E-state index in [4.69, 9.17) is 9.97 Å². The Morgan fingerprint density at radius 1 is 0.161 bits per heavy atom. The number of hydrogen-bond donors (Lipinski definition) is 0. The van der Waals surface area contributed by atoms with E-state index in [2.05, 4.69) is 224 Å². The lowest BCUT2D eigenvalue weighted by molar-refractivity contribution is 1.32. The molecule has 0 radical (unpaired) electrons. The molecule has 2 heteroatoms. The first kappa shape index (κ1) is 36.8. The summed E-state index contributed by atoms with van der Waals surface area (Å²) in [6, 6.07) is 86.6. The largest absolute Gasteiger partial charge is 0.248 e. The van der Waals surface area contributed by atoms with E-state index in [1.807, 2.05) is 18.2 Å². The summed E-state index contributed by atoms with van der Waals surface area (Å²) < 4.78 is 0. The summed E-state index contributed by atoms with van der Waals surface area (Å²) in [5.74, 6) is 0. The Morgan fingerprint density at radius 2 is 0.435 bits per heavy atom. The first-order valence-electron chi connectivity index (χ1n) is 21.1. The highest BCUT2D eigenvalue weighted by Gasteiger charge is 2.13. The molecule has 0 atom stereocenters. The van der Waals surface area contributed by atoms with Crippen LogP contribution >= 0.6 is 0 Å². The van der Waals surface area contributed by atoms with Gasteiger partial charge in [0.15, 0.2) is 0 Å². The average molecular weight is 789 g/mol. The number of benzene rings is 9. The van der Waals surface area contributed by atoms with Crippen molar-refractivity contribution in [2.75, 3.05) is 0 Å². The molecule has 0 aliphatic carbocycles. The maximum absolute atomic E-state index is 5.17. The average Bonchev–Trinajstić information content (AvgIpc) is 3.36. The third-order valence-electron chi connectivity index (χ3n) is 11.8. The van der Waals surface area contributed by atoms with Gasteiger partial charge in [-0.3, -0.25) is 0 Å². The Bertz CT molecular complexity index is 3040. The molecule has 0 aliphatic rings. The topological polar surface area (TPSA) is 25.8 Å². The van der Waals surface area contributed by atoms with Crippen molar-refractivity contribution in [1.82, 2.24) is 9.97 Å². The molecule has 2 nitrogen and oxygen atoms in total. The van der Waals surface area contributed by atoms with Crippen LogP contribution in [-0.4, -0.2) is 9.97 Å². The van der Waals surface area contributed by atoms with Crippen LogP contribution in [0, 0.1) is 0 Å². The molecule has 290 valence electrons. The van der Waals surface area contributed by atoms with Crippen molar-refractivity contribution < 1.29 is 0 Å².